The largest absolute Gasteiger partial charge is 0.333 e. The van der Waals surface area contributed by atoms with Gasteiger partial charge in [0.05, 0.1) is 10.7 Å². The number of benzene rings is 1. The molecular formula is C13H18Cl2NPS. The van der Waals surface area contributed by atoms with E-state index < -0.39 is 0 Å². The molecule has 0 aromatic heterocycles. The van der Waals surface area contributed by atoms with Gasteiger partial charge in [0.1, 0.15) is 5.16 Å². The van der Waals surface area contributed by atoms with E-state index in [9.17, 15) is 0 Å². The number of para-hydroxylation sites is 1. The van der Waals surface area contributed by atoms with Crippen molar-refractivity contribution in [2.24, 2.45) is 0 Å². The highest BCUT2D eigenvalue weighted by Crippen LogP contribution is 2.33. The average Bonchev–Trinajstić information content (AvgIpc) is 2.34. The van der Waals surface area contributed by atoms with Crippen molar-refractivity contribution in [2.45, 2.75) is 25.2 Å². The molecular weight excluding hydrogens is 304 g/mol. The molecule has 18 heavy (non-hydrogen) atoms. The molecule has 100 valence electrons. The molecule has 0 saturated heterocycles. The number of halogens is 2. The lowest BCUT2D eigenvalue weighted by Gasteiger charge is -2.24. The number of rotatable bonds is 5. The summed E-state index contributed by atoms with van der Waals surface area (Å²) in [5, 5.41) is 2.28. The van der Waals surface area contributed by atoms with Gasteiger partial charge in [0.15, 0.2) is 0 Å². The van der Waals surface area contributed by atoms with E-state index in [0.717, 1.165) is 23.2 Å². The summed E-state index contributed by atoms with van der Waals surface area (Å²) >= 11 is 14.0. The Labute approximate surface area is 126 Å². The van der Waals surface area contributed by atoms with Crippen LogP contribution in [0.1, 0.15) is 20.3 Å². The van der Waals surface area contributed by atoms with E-state index in [-0.39, 0.29) is 0 Å². The van der Waals surface area contributed by atoms with Crippen LogP contribution in [-0.2, 0) is 0 Å². The van der Waals surface area contributed by atoms with Crippen molar-refractivity contribution in [3.63, 3.8) is 0 Å². The van der Waals surface area contributed by atoms with Crippen LogP contribution in [-0.4, -0.2) is 12.8 Å². The Morgan fingerprint density at radius 2 is 2.06 bits per heavy atom. The van der Waals surface area contributed by atoms with Crippen molar-refractivity contribution in [1.29, 1.82) is 0 Å². The first-order valence-corrected chi connectivity index (χ1v) is 8.07. The third-order valence-electron chi connectivity index (χ3n) is 2.41. The molecule has 0 amide bonds. The van der Waals surface area contributed by atoms with Gasteiger partial charge in [-0.25, -0.2) is 0 Å². The SMILES string of the molecule is CCCSc1cccc(P)c1N(C)/C(Cl)=C(\C)Cl. The molecule has 0 spiro atoms. The fraction of sp³-hybridized carbons (Fsp3) is 0.385. The van der Waals surface area contributed by atoms with Crippen LogP contribution >= 0.6 is 44.2 Å². The number of allylic oxidation sites excluding steroid dienone is 1. The number of anilines is 1. The molecule has 1 rings (SSSR count). The summed E-state index contributed by atoms with van der Waals surface area (Å²) in [5.41, 5.74) is 1.10. The summed E-state index contributed by atoms with van der Waals surface area (Å²) in [6.07, 6.45) is 1.15. The summed E-state index contributed by atoms with van der Waals surface area (Å²) in [4.78, 5) is 3.16. The minimum Gasteiger partial charge on any atom is -0.333 e. The standard InChI is InChI=1S/C13H18Cl2NPS/c1-4-8-18-11-7-5-6-10(17)12(11)16(3)13(15)9(2)14/h5-7H,4,8,17H2,1-3H3/b13-9+. The Bertz CT molecular complexity index is 445. The zero-order valence-corrected chi connectivity index (χ0v) is 14.3. The third kappa shape index (κ3) is 4.06. The molecule has 0 fully saturated rings. The Kier molecular flexibility index (Phi) is 6.87. The van der Waals surface area contributed by atoms with Crippen molar-refractivity contribution in [3.05, 3.63) is 28.4 Å². The van der Waals surface area contributed by atoms with E-state index in [1.54, 1.807) is 6.92 Å². The van der Waals surface area contributed by atoms with E-state index >= 15 is 0 Å². The quantitative estimate of drug-likeness (QED) is 0.435. The second-order valence-electron chi connectivity index (χ2n) is 3.93. The lowest BCUT2D eigenvalue weighted by molar-refractivity contribution is 1.10. The molecule has 5 heteroatoms. The van der Waals surface area contributed by atoms with Crippen molar-refractivity contribution in [3.8, 4) is 0 Å². The number of thioether (sulfide) groups is 1. The number of hydrogen-bond donors (Lipinski definition) is 0. The van der Waals surface area contributed by atoms with Crippen LogP contribution < -0.4 is 10.2 Å². The molecule has 1 aromatic carbocycles. The summed E-state index contributed by atoms with van der Waals surface area (Å²) < 4.78 is 0. The van der Waals surface area contributed by atoms with Gasteiger partial charge in [0.25, 0.3) is 0 Å². The van der Waals surface area contributed by atoms with E-state index in [1.165, 1.54) is 4.90 Å². The smallest absolute Gasteiger partial charge is 0.123 e. The summed E-state index contributed by atoms with van der Waals surface area (Å²) in [7, 11) is 4.69. The monoisotopic (exact) mass is 321 g/mol. The van der Waals surface area contributed by atoms with Gasteiger partial charge >= 0.3 is 0 Å². The maximum Gasteiger partial charge on any atom is 0.123 e. The van der Waals surface area contributed by atoms with E-state index in [1.807, 2.05) is 23.7 Å². The van der Waals surface area contributed by atoms with Gasteiger partial charge in [0, 0.05) is 11.9 Å². The molecule has 0 N–H and O–H groups in total. The van der Waals surface area contributed by atoms with Crippen LogP contribution in [0, 0.1) is 0 Å². The van der Waals surface area contributed by atoms with Gasteiger partial charge < -0.3 is 4.90 Å². The minimum atomic E-state index is 0.560. The van der Waals surface area contributed by atoms with Crippen molar-refractivity contribution >= 4 is 55.2 Å². The Morgan fingerprint density at radius 3 is 2.61 bits per heavy atom. The van der Waals surface area contributed by atoms with Gasteiger partial charge in [-0.15, -0.1) is 21.0 Å². The molecule has 0 bridgehead atoms. The molecule has 0 aliphatic carbocycles. The van der Waals surface area contributed by atoms with E-state index in [0.29, 0.717) is 10.2 Å². The summed E-state index contributed by atoms with van der Waals surface area (Å²) in [5.74, 6) is 1.09. The van der Waals surface area contributed by atoms with Crippen molar-refractivity contribution in [2.75, 3.05) is 17.7 Å². The molecule has 1 aromatic rings. The summed E-state index contributed by atoms with van der Waals surface area (Å²) in [6, 6.07) is 6.23. The summed E-state index contributed by atoms with van der Waals surface area (Å²) in [6.45, 7) is 3.97. The Morgan fingerprint density at radius 1 is 1.39 bits per heavy atom. The first-order valence-electron chi connectivity index (χ1n) is 5.75. The molecule has 0 aliphatic heterocycles. The highest BCUT2D eigenvalue weighted by molar-refractivity contribution is 7.99. The average molecular weight is 322 g/mol. The van der Waals surface area contributed by atoms with Crippen LogP contribution in [0.25, 0.3) is 0 Å². The van der Waals surface area contributed by atoms with Crippen LogP contribution in [0.15, 0.2) is 33.3 Å². The first-order chi connectivity index (χ1) is 8.49. The fourth-order valence-electron chi connectivity index (χ4n) is 1.56. The number of nitrogens with zero attached hydrogens (tertiary/aromatic N) is 1. The van der Waals surface area contributed by atoms with Crippen LogP contribution in [0.2, 0.25) is 0 Å². The van der Waals surface area contributed by atoms with Crippen LogP contribution in [0.3, 0.4) is 0 Å². The molecule has 1 atom stereocenters. The Hall–Kier alpha value is 0.120. The van der Waals surface area contributed by atoms with Crippen molar-refractivity contribution < 1.29 is 0 Å². The maximum atomic E-state index is 6.23. The maximum absolute atomic E-state index is 6.23. The van der Waals surface area contributed by atoms with Gasteiger partial charge in [-0.3, -0.25) is 0 Å². The topological polar surface area (TPSA) is 3.24 Å². The van der Waals surface area contributed by atoms with Crippen molar-refractivity contribution in [1.82, 2.24) is 0 Å². The minimum absolute atomic E-state index is 0.560. The van der Waals surface area contributed by atoms with E-state index in [2.05, 4.69) is 34.4 Å². The highest BCUT2D eigenvalue weighted by Gasteiger charge is 2.14. The third-order valence-corrected chi connectivity index (χ3v) is 4.94. The van der Waals surface area contributed by atoms with Gasteiger partial charge in [-0.1, -0.05) is 42.3 Å². The van der Waals surface area contributed by atoms with E-state index in [4.69, 9.17) is 23.2 Å². The predicted octanol–water partition coefficient (Wildman–Crippen LogP) is 4.79. The van der Waals surface area contributed by atoms with Gasteiger partial charge in [0.2, 0.25) is 0 Å². The van der Waals surface area contributed by atoms with Crippen LogP contribution in [0.5, 0.6) is 0 Å². The molecule has 0 heterocycles. The van der Waals surface area contributed by atoms with Crippen LogP contribution in [0.4, 0.5) is 5.69 Å². The molecule has 0 saturated carbocycles. The second-order valence-corrected chi connectivity index (χ2v) is 6.61. The van der Waals surface area contributed by atoms with Gasteiger partial charge in [-0.2, -0.15) is 0 Å². The predicted molar refractivity (Wildman–Crippen MR) is 89.6 cm³/mol. The molecule has 0 aliphatic rings. The zero-order chi connectivity index (χ0) is 13.7. The normalized spacial score (nSPS) is 12.3. The zero-order valence-electron chi connectivity index (χ0n) is 10.8. The molecule has 1 nitrogen and oxygen atoms in total. The lowest BCUT2D eigenvalue weighted by Crippen LogP contribution is -2.19. The molecule has 0 radical (unpaired) electrons. The number of hydrogen-bond acceptors (Lipinski definition) is 2. The van der Waals surface area contributed by atoms with Gasteiger partial charge in [-0.05, 0) is 30.5 Å². The fourth-order valence-corrected chi connectivity index (χ4v) is 3.32. The first kappa shape index (κ1) is 16.2. The molecule has 1 unspecified atom stereocenters. The highest BCUT2D eigenvalue weighted by atomic mass is 35.5. The second kappa shape index (κ2) is 7.65. The lowest BCUT2D eigenvalue weighted by atomic mass is 10.3. The Balaban J connectivity index is 3.17.